The second kappa shape index (κ2) is 11.0. The van der Waals surface area contributed by atoms with Crippen LogP contribution in [0.15, 0.2) is 78.9 Å². The largest absolute Gasteiger partial charge is 0.478 e. The molecule has 1 N–H and O–H groups in total. The quantitative estimate of drug-likeness (QED) is 0.398. The summed E-state index contributed by atoms with van der Waals surface area (Å²) in [7, 11) is 4.06. The van der Waals surface area contributed by atoms with Crippen molar-refractivity contribution in [2.45, 2.75) is 32.2 Å². The number of carboxylic acid groups (broad SMARTS) is 1. The van der Waals surface area contributed by atoms with Crippen LogP contribution in [-0.4, -0.2) is 31.1 Å². The maximum absolute atomic E-state index is 13.5. The number of benzene rings is 3. The van der Waals surface area contributed by atoms with Crippen LogP contribution in [0.4, 0.5) is 11.4 Å². The third-order valence-corrected chi connectivity index (χ3v) is 6.58. The van der Waals surface area contributed by atoms with Crippen LogP contribution in [0.25, 0.3) is 17.2 Å². The Bertz CT molecular complexity index is 1190. The zero-order chi connectivity index (χ0) is 24.8. The van der Waals surface area contributed by atoms with Crippen LogP contribution in [0.5, 0.6) is 0 Å². The number of carbonyl (C=O) groups is 2. The fourth-order valence-corrected chi connectivity index (χ4v) is 4.59. The van der Waals surface area contributed by atoms with Crippen molar-refractivity contribution in [3.05, 3.63) is 90.0 Å². The molecule has 4 rings (SSSR count). The molecule has 1 amide bonds. The van der Waals surface area contributed by atoms with Gasteiger partial charge < -0.3 is 14.9 Å². The molecule has 0 unspecified atom stereocenters. The van der Waals surface area contributed by atoms with E-state index >= 15 is 0 Å². The number of amides is 1. The van der Waals surface area contributed by atoms with Crippen LogP contribution in [0, 0.1) is 5.92 Å². The number of carboxylic acids is 1. The van der Waals surface area contributed by atoms with E-state index in [9.17, 15) is 9.59 Å². The van der Waals surface area contributed by atoms with Crippen LogP contribution in [0.1, 0.15) is 36.8 Å². The molecule has 5 heteroatoms. The molecule has 3 aromatic rings. The van der Waals surface area contributed by atoms with Crippen molar-refractivity contribution in [2.75, 3.05) is 23.9 Å². The zero-order valence-corrected chi connectivity index (χ0v) is 20.4. The van der Waals surface area contributed by atoms with Gasteiger partial charge >= 0.3 is 5.97 Å². The molecule has 35 heavy (non-hydrogen) atoms. The Labute approximate surface area is 207 Å². The van der Waals surface area contributed by atoms with Crippen LogP contribution in [-0.2, 0) is 16.1 Å². The summed E-state index contributed by atoms with van der Waals surface area (Å²) in [5.74, 6) is -0.807. The van der Waals surface area contributed by atoms with Gasteiger partial charge in [-0.05, 0) is 65.4 Å². The third-order valence-electron chi connectivity index (χ3n) is 6.58. The Balaban J connectivity index is 1.58. The monoisotopic (exact) mass is 468 g/mol. The fraction of sp³-hybridized carbons (Fsp3) is 0.267. The maximum atomic E-state index is 13.5. The van der Waals surface area contributed by atoms with E-state index < -0.39 is 5.97 Å². The first kappa shape index (κ1) is 24.3. The molecule has 0 saturated heterocycles. The highest BCUT2D eigenvalue weighted by Crippen LogP contribution is 2.31. The Morgan fingerprint density at radius 1 is 0.886 bits per heavy atom. The van der Waals surface area contributed by atoms with E-state index in [1.165, 1.54) is 0 Å². The molecular weight excluding hydrogens is 436 g/mol. The minimum Gasteiger partial charge on any atom is -0.478 e. The summed E-state index contributed by atoms with van der Waals surface area (Å²) in [5, 5.41) is 8.97. The molecule has 1 aliphatic carbocycles. The number of aliphatic carboxylic acids is 1. The van der Waals surface area contributed by atoms with E-state index in [4.69, 9.17) is 5.11 Å². The molecule has 0 bridgehead atoms. The molecule has 0 radical (unpaired) electrons. The van der Waals surface area contributed by atoms with Crippen molar-refractivity contribution in [3.8, 4) is 11.1 Å². The number of nitrogens with zero attached hydrogens (tertiary/aromatic N) is 2. The van der Waals surface area contributed by atoms with Crippen molar-refractivity contribution in [3.63, 3.8) is 0 Å². The first-order valence-corrected chi connectivity index (χ1v) is 12.1. The summed E-state index contributed by atoms with van der Waals surface area (Å²) < 4.78 is 0. The van der Waals surface area contributed by atoms with E-state index in [1.807, 2.05) is 43.3 Å². The fourth-order valence-electron chi connectivity index (χ4n) is 4.59. The van der Waals surface area contributed by atoms with Crippen molar-refractivity contribution < 1.29 is 14.7 Å². The van der Waals surface area contributed by atoms with E-state index in [2.05, 4.69) is 53.4 Å². The lowest BCUT2D eigenvalue weighted by Crippen LogP contribution is -2.35. The van der Waals surface area contributed by atoms with Crippen molar-refractivity contribution in [1.29, 1.82) is 0 Å². The van der Waals surface area contributed by atoms with Gasteiger partial charge in [-0.1, -0.05) is 61.4 Å². The van der Waals surface area contributed by atoms with Gasteiger partial charge in [-0.15, -0.1) is 0 Å². The summed E-state index contributed by atoms with van der Waals surface area (Å²) in [6.07, 6.45) is 6.71. The van der Waals surface area contributed by atoms with Crippen LogP contribution in [0.3, 0.4) is 0 Å². The second-order valence-electron chi connectivity index (χ2n) is 9.31. The van der Waals surface area contributed by atoms with Gasteiger partial charge in [0.05, 0.1) is 6.54 Å². The Morgan fingerprint density at radius 3 is 2.11 bits per heavy atom. The van der Waals surface area contributed by atoms with Gasteiger partial charge in [-0.2, -0.15) is 0 Å². The predicted molar refractivity (Wildman–Crippen MR) is 142 cm³/mol. The Morgan fingerprint density at radius 2 is 1.51 bits per heavy atom. The minimum absolute atomic E-state index is 0.0442. The lowest BCUT2D eigenvalue weighted by molar-refractivity contribution is -0.131. The lowest BCUT2D eigenvalue weighted by Gasteiger charge is -2.26. The predicted octanol–water partition coefficient (Wildman–Crippen LogP) is 6.24. The van der Waals surface area contributed by atoms with Gasteiger partial charge in [0.1, 0.15) is 0 Å². The van der Waals surface area contributed by atoms with Gasteiger partial charge in [0.25, 0.3) is 0 Å². The number of hydrogen-bond acceptors (Lipinski definition) is 3. The first-order chi connectivity index (χ1) is 16.9. The van der Waals surface area contributed by atoms with Crippen LogP contribution >= 0.6 is 0 Å². The molecule has 180 valence electrons. The number of carbonyl (C=O) groups excluding carboxylic acids is 1. The molecule has 0 aromatic heterocycles. The number of hydrogen-bond donors (Lipinski definition) is 1. The highest BCUT2D eigenvalue weighted by Gasteiger charge is 2.28. The minimum atomic E-state index is -0.995. The van der Waals surface area contributed by atoms with E-state index in [0.717, 1.165) is 65.4 Å². The zero-order valence-electron chi connectivity index (χ0n) is 20.4. The van der Waals surface area contributed by atoms with E-state index in [1.54, 1.807) is 6.08 Å². The number of rotatable bonds is 8. The highest BCUT2D eigenvalue weighted by molar-refractivity contribution is 5.95. The summed E-state index contributed by atoms with van der Waals surface area (Å²) in [6.45, 7) is 0.473. The number of anilines is 2. The van der Waals surface area contributed by atoms with Gasteiger partial charge in [0, 0.05) is 37.5 Å². The molecule has 1 aliphatic rings. The third kappa shape index (κ3) is 6.18. The second-order valence-corrected chi connectivity index (χ2v) is 9.31. The molecule has 5 nitrogen and oxygen atoms in total. The average molecular weight is 469 g/mol. The van der Waals surface area contributed by atoms with Gasteiger partial charge in [0.2, 0.25) is 5.91 Å². The first-order valence-electron chi connectivity index (χ1n) is 12.1. The Hall–Kier alpha value is -3.86. The standard InChI is InChI=1S/C30H32N2O3/c1-31(2)27-17-15-25(16-18-27)24-13-10-23(11-14-24)21-32(30(35)26-7-3-4-8-26)28-9-5-6-22(20-28)12-19-29(33)34/h5-6,9-20,26H,3-4,7-8,21H2,1-2H3,(H,33,34). The van der Waals surface area contributed by atoms with Crippen LogP contribution in [0.2, 0.25) is 0 Å². The van der Waals surface area contributed by atoms with Gasteiger partial charge in [0.15, 0.2) is 0 Å². The van der Waals surface area contributed by atoms with Gasteiger partial charge in [-0.3, -0.25) is 4.79 Å². The van der Waals surface area contributed by atoms with Crippen LogP contribution < -0.4 is 9.80 Å². The van der Waals surface area contributed by atoms with Gasteiger partial charge in [-0.25, -0.2) is 4.79 Å². The Kier molecular flexibility index (Phi) is 7.66. The SMILES string of the molecule is CN(C)c1ccc(-c2ccc(CN(C(=O)C3CCCC3)c3cccc(C=CC(=O)O)c3)cc2)cc1. The average Bonchev–Trinajstić information content (AvgIpc) is 3.41. The van der Waals surface area contributed by atoms with Crippen molar-refractivity contribution in [2.24, 2.45) is 5.92 Å². The molecule has 0 heterocycles. The summed E-state index contributed by atoms with van der Waals surface area (Å²) in [4.78, 5) is 28.4. The molecule has 0 spiro atoms. The molecular formula is C30H32N2O3. The van der Waals surface area contributed by atoms with Crippen molar-refractivity contribution >= 4 is 29.3 Å². The highest BCUT2D eigenvalue weighted by atomic mass is 16.4. The summed E-state index contributed by atoms with van der Waals surface area (Å²) in [6, 6.07) is 24.3. The smallest absolute Gasteiger partial charge is 0.328 e. The van der Waals surface area contributed by atoms with E-state index in [-0.39, 0.29) is 11.8 Å². The lowest BCUT2D eigenvalue weighted by atomic mass is 10.0. The normalized spacial score (nSPS) is 13.8. The van der Waals surface area contributed by atoms with Crippen molar-refractivity contribution in [1.82, 2.24) is 0 Å². The molecule has 1 fully saturated rings. The molecule has 3 aromatic carbocycles. The molecule has 0 aliphatic heterocycles. The van der Waals surface area contributed by atoms with E-state index in [0.29, 0.717) is 6.54 Å². The molecule has 1 saturated carbocycles. The molecule has 0 atom stereocenters. The summed E-state index contributed by atoms with van der Waals surface area (Å²) >= 11 is 0. The topological polar surface area (TPSA) is 60.9 Å². The maximum Gasteiger partial charge on any atom is 0.328 e. The summed E-state index contributed by atoms with van der Waals surface area (Å²) in [5.41, 5.74) is 6.04.